The van der Waals surface area contributed by atoms with E-state index in [1.807, 2.05) is 0 Å². The minimum absolute atomic E-state index is 0.258. The first-order chi connectivity index (χ1) is 8.45. The predicted octanol–water partition coefficient (Wildman–Crippen LogP) is 3.52. The smallest absolute Gasteiger partial charge is 0.309 e. The second-order valence-electron chi connectivity index (χ2n) is 2.99. The van der Waals surface area contributed by atoms with Crippen LogP contribution < -0.4 is 0 Å². The highest BCUT2D eigenvalue weighted by atomic mass is 32.5. The van der Waals surface area contributed by atoms with Crippen molar-refractivity contribution in [2.75, 3.05) is 32.8 Å². The molecule has 0 radical (unpaired) electrons. The molecule has 0 spiro atoms. The van der Waals surface area contributed by atoms with E-state index < -0.39 is 14.3 Å². The lowest BCUT2D eigenvalue weighted by molar-refractivity contribution is 0.157. The van der Waals surface area contributed by atoms with E-state index in [-0.39, 0.29) is 19.6 Å². The SMILES string of the molecule is CCOP(=O)(COP(=S)(OCC)OCC)OCC. The zero-order valence-electron chi connectivity index (χ0n) is 11.3. The predicted molar refractivity (Wildman–Crippen MR) is 74.3 cm³/mol. The summed E-state index contributed by atoms with van der Waals surface area (Å²) in [5, 5.41) is 0. The minimum Gasteiger partial charge on any atom is -0.309 e. The van der Waals surface area contributed by atoms with Crippen LogP contribution in [0.5, 0.6) is 0 Å². The van der Waals surface area contributed by atoms with Gasteiger partial charge in [-0.1, -0.05) is 0 Å². The van der Waals surface area contributed by atoms with Crippen LogP contribution in [0.15, 0.2) is 0 Å². The van der Waals surface area contributed by atoms with Crippen molar-refractivity contribution < 1.29 is 27.2 Å². The Morgan fingerprint density at radius 3 is 1.50 bits per heavy atom. The highest BCUT2D eigenvalue weighted by Crippen LogP contribution is 2.56. The van der Waals surface area contributed by atoms with Gasteiger partial charge in [-0.3, -0.25) is 9.09 Å². The van der Waals surface area contributed by atoms with Crippen molar-refractivity contribution in [1.82, 2.24) is 0 Å². The lowest BCUT2D eigenvalue weighted by atomic mass is 10.9. The molecule has 18 heavy (non-hydrogen) atoms. The van der Waals surface area contributed by atoms with Gasteiger partial charge in [0.1, 0.15) is 0 Å². The summed E-state index contributed by atoms with van der Waals surface area (Å²) >= 11 is 5.15. The maximum Gasteiger partial charge on any atom is 0.356 e. The van der Waals surface area contributed by atoms with E-state index in [2.05, 4.69) is 0 Å². The van der Waals surface area contributed by atoms with E-state index in [0.717, 1.165) is 0 Å². The van der Waals surface area contributed by atoms with Gasteiger partial charge in [-0.25, -0.2) is 0 Å². The van der Waals surface area contributed by atoms with Gasteiger partial charge in [0, 0.05) is 0 Å². The van der Waals surface area contributed by atoms with E-state index in [4.69, 9.17) is 34.4 Å². The molecule has 0 aromatic carbocycles. The monoisotopic (exact) mass is 320 g/mol. The van der Waals surface area contributed by atoms with Crippen molar-refractivity contribution in [3.05, 3.63) is 0 Å². The molecule has 0 heterocycles. The molecule has 0 aromatic rings. The summed E-state index contributed by atoms with van der Waals surface area (Å²) in [5.41, 5.74) is 0. The molecule has 0 N–H and O–H groups in total. The first-order valence-corrected chi connectivity index (χ1v) is 10.1. The normalized spacial score (nSPS) is 12.9. The van der Waals surface area contributed by atoms with Gasteiger partial charge in [-0.05, 0) is 39.5 Å². The van der Waals surface area contributed by atoms with E-state index >= 15 is 0 Å². The van der Waals surface area contributed by atoms with Crippen LogP contribution in [0.2, 0.25) is 0 Å². The number of rotatable bonds is 11. The molecule has 0 amide bonds. The first-order valence-electron chi connectivity index (χ1n) is 5.87. The van der Waals surface area contributed by atoms with Crippen LogP contribution in [0.3, 0.4) is 0 Å². The molecular weight excluding hydrogens is 298 g/mol. The Labute approximate surface area is 114 Å². The van der Waals surface area contributed by atoms with E-state index in [0.29, 0.717) is 13.2 Å². The van der Waals surface area contributed by atoms with Crippen LogP contribution in [0.25, 0.3) is 0 Å². The Bertz CT molecular complexity index is 261. The lowest BCUT2D eigenvalue weighted by Crippen LogP contribution is -2.05. The molecule has 0 fully saturated rings. The van der Waals surface area contributed by atoms with E-state index in [1.165, 1.54) is 0 Å². The minimum atomic E-state index is -3.28. The molecule has 0 saturated carbocycles. The fourth-order valence-corrected chi connectivity index (χ4v) is 5.13. The maximum absolute atomic E-state index is 12.2. The highest BCUT2D eigenvalue weighted by Gasteiger charge is 2.29. The van der Waals surface area contributed by atoms with Gasteiger partial charge in [0.15, 0.2) is 6.35 Å². The average molecular weight is 320 g/mol. The van der Waals surface area contributed by atoms with Gasteiger partial charge in [0.2, 0.25) is 0 Å². The zero-order chi connectivity index (χ0) is 14.1. The summed E-state index contributed by atoms with van der Waals surface area (Å²) in [5.74, 6) is 0. The Morgan fingerprint density at radius 2 is 1.17 bits per heavy atom. The molecule has 0 saturated heterocycles. The maximum atomic E-state index is 12.2. The summed E-state index contributed by atoms with van der Waals surface area (Å²) in [6.07, 6.45) is -0.258. The van der Waals surface area contributed by atoms with Crippen molar-refractivity contribution in [2.45, 2.75) is 27.7 Å². The summed E-state index contributed by atoms with van der Waals surface area (Å²) in [6, 6.07) is 0. The molecule has 0 aliphatic carbocycles. The van der Waals surface area contributed by atoms with Crippen molar-refractivity contribution in [3.8, 4) is 0 Å². The summed E-state index contributed by atoms with van der Waals surface area (Å²) in [6.45, 7) is 5.44. The molecule has 0 unspecified atom stereocenters. The molecule has 0 aliphatic heterocycles. The van der Waals surface area contributed by atoms with Gasteiger partial charge in [-0.15, -0.1) is 0 Å². The molecule has 0 aliphatic rings. The van der Waals surface area contributed by atoms with Crippen molar-refractivity contribution >= 4 is 26.1 Å². The standard InChI is InChI=1S/C9H22O6P2S/c1-5-11-16(10,12-6-2)9-15-17(18,13-7-3)14-8-4/h5-9H2,1-4H3. The molecule has 0 aromatic heterocycles. The third kappa shape index (κ3) is 7.31. The van der Waals surface area contributed by atoms with Gasteiger partial charge >= 0.3 is 14.3 Å². The van der Waals surface area contributed by atoms with Crippen LogP contribution in [-0.2, 0) is 39.0 Å². The third-order valence-electron chi connectivity index (χ3n) is 1.60. The summed E-state index contributed by atoms with van der Waals surface area (Å²) < 4.78 is 38.2. The fourth-order valence-electron chi connectivity index (χ4n) is 1.07. The second kappa shape index (κ2) is 9.56. The summed E-state index contributed by atoms with van der Waals surface area (Å²) in [7, 11) is -3.28. The topological polar surface area (TPSA) is 63.2 Å². The summed E-state index contributed by atoms with van der Waals surface area (Å²) in [4.78, 5) is 0. The molecule has 110 valence electrons. The first kappa shape index (κ1) is 18.7. The van der Waals surface area contributed by atoms with Crippen LogP contribution >= 0.6 is 14.3 Å². The molecule has 9 heteroatoms. The molecular formula is C9H22O6P2S. The molecule has 0 bridgehead atoms. The molecule has 0 atom stereocenters. The second-order valence-corrected chi connectivity index (χ2v) is 7.99. The van der Waals surface area contributed by atoms with E-state index in [9.17, 15) is 4.57 Å². The number of hydrogen-bond donors (Lipinski definition) is 0. The Balaban J connectivity index is 4.55. The average Bonchev–Trinajstić information content (AvgIpc) is 2.28. The Kier molecular flexibility index (Phi) is 9.92. The largest absolute Gasteiger partial charge is 0.356 e. The molecule has 0 rings (SSSR count). The van der Waals surface area contributed by atoms with Gasteiger partial charge < -0.3 is 18.1 Å². The van der Waals surface area contributed by atoms with Crippen molar-refractivity contribution in [1.29, 1.82) is 0 Å². The zero-order valence-corrected chi connectivity index (χ0v) is 13.9. The highest BCUT2D eigenvalue weighted by molar-refractivity contribution is 8.07. The van der Waals surface area contributed by atoms with Crippen molar-refractivity contribution in [2.24, 2.45) is 0 Å². The van der Waals surface area contributed by atoms with Crippen LogP contribution in [-0.4, -0.2) is 32.8 Å². The third-order valence-corrected chi connectivity index (χ3v) is 6.10. The van der Waals surface area contributed by atoms with Gasteiger partial charge in [0.25, 0.3) is 0 Å². The fraction of sp³-hybridized carbons (Fsp3) is 1.00. The van der Waals surface area contributed by atoms with Crippen molar-refractivity contribution in [3.63, 3.8) is 0 Å². The Morgan fingerprint density at radius 1 is 0.778 bits per heavy atom. The number of hydrogen-bond acceptors (Lipinski definition) is 7. The molecule has 6 nitrogen and oxygen atoms in total. The lowest BCUT2D eigenvalue weighted by Gasteiger charge is -2.23. The van der Waals surface area contributed by atoms with Crippen LogP contribution in [0.1, 0.15) is 27.7 Å². The van der Waals surface area contributed by atoms with E-state index in [1.54, 1.807) is 27.7 Å². The van der Waals surface area contributed by atoms with Crippen LogP contribution in [0.4, 0.5) is 0 Å². The Hall–Kier alpha value is 0.680. The quantitative estimate of drug-likeness (QED) is 0.540. The van der Waals surface area contributed by atoms with Crippen LogP contribution in [0, 0.1) is 0 Å². The van der Waals surface area contributed by atoms with Gasteiger partial charge in [-0.2, -0.15) is 0 Å². The van der Waals surface area contributed by atoms with Gasteiger partial charge in [0.05, 0.1) is 26.4 Å².